The zero-order valence-electron chi connectivity index (χ0n) is 14.1. The summed E-state index contributed by atoms with van der Waals surface area (Å²) in [6.45, 7) is 5.28. The Labute approximate surface area is 149 Å². The van der Waals surface area contributed by atoms with Crippen LogP contribution in [0.15, 0.2) is 79.0 Å². The van der Waals surface area contributed by atoms with Crippen LogP contribution in [0, 0.1) is 0 Å². The first kappa shape index (κ1) is 17.5. The maximum atomic E-state index is 12.5. The van der Waals surface area contributed by atoms with Gasteiger partial charge in [-0.1, -0.05) is 43.0 Å². The van der Waals surface area contributed by atoms with E-state index in [-0.39, 0.29) is 5.57 Å². The molecule has 3 aromatic rings. The Morgan fingerprint density at radius 1 is 1.19 bits per heavy atom. The van der Waals surface area contributed by atoms with Crippen molar-refractivity contribution >= 4 is 11.1 Å². The molecule has 26 heavy (non-hydrogen) atoms. The van der Waals surface area contributed by atoms with Crippen molar-refractivity contribution in [1.82, 2.24) is 14.6 Å². The van der Waals surface area contributed by atoms with E-state index in [0.29, 0.717) is 28.5 Å². The van der Waals surface area contributed by atoms with Crippen LogP contribution in [0.1, 0.15) is 12.7 Å². The maximum Gasteiger partial charge on any atom is 0.259 e. The number of halogens is 2. The van der Waals surface area contributed by atoms with Gasteiger partial charge < -0.3 is 4.74 Å². The Morgan fingerprint density at radius 2 is 1.96 bits per heavy atom. The molecule has 0 fully saturated rings. The minimum absolute atomic E-state index is 0.0241. The molecule has 0 saturated heterocycles. The summed E-state index contributed by atoms with van der Waals surface area (Å²) in [4.78, 5) is 4.43. The van der Waals surface area contributed by atoms with Crippen LogP contribution in [-0.2, 0) is 0 Å². The fourth-order valence-electron chi connectivity index (χ4n) is 2.18. The molecule has 0 unspecified atom stereocenters. The lowest BCUT2D eigenvalue weighted by Crippen LogP contribution is -2.02. The van der Waals surface area contributed by atoms with Crippen LogP contribution < -0.4 is 4.74 Å². The molecule has 3 rings (SSSR count). The van der Waals surface area contributed by atoms with Crippen molar-refractivity contribution in [3.63, 3.8) is 0 Å². The van der Waals surface area contributed by atoms with Crippen LogP contribution in [0.5, 0.6) is 11.6 Å². The minimum atomic E-state index is -2.48. The molecule has 0 atom stereocenters. The molecule has 0 amide bonds. The van der Waals surface area contributed by atoms with E-state index in [4.69, 9.17) is 4.74 Å². The first-order chi connectivity index (χ1) is 12.5. The van der Waals surface area contributed by atoms with Crippen molar-refractivity contribution in [1.29, 1.82) is 0 Å². The number of para-hydroxylation sites is 1. The van der Waals surface area contributed by atoms with Crippen molar-refractivity contribution in [3.8, 4) is 11.6 Å². The second kappa shape index (κ2) is 7.74. The smallest absolute Gasteiger partial charge is 0.259 e. The van der Waals surface area contributed by atoms with Crippen molar-refractivity contribution in [2.75, 3.05) is 0 Å². The van der Waals surface area contributed by atoms with Crippen LogP contribution in [0.2, 0.25) is 0 Å². The van der Waals surface area contributed by atoms with Gasteiger partial charge >= 0.3 is 0 Å². The molecule has 6 heteroatoms. The zero-order valence-corrected chi connectivity index (χ0v) is 14.1. The summed E-state index contributed by atoms with van der Waals surface area (Å²) < 4.78 is 32.5. The second-order valence-electron chi connectivity index (χ2n) is 5.59. The van der Waals surface area contributed by atoms with Crippen molar-refractivity contribution in [3.05, 3.63) is 84.9 Å². The average molecular weight is 353 g/mol. The van der Waals surface area contributed by atoms with Crippen LogP contribution in [0.25, 0.3) is 11.1 Å². The highest BCUT2D eigenvalue weighted by Gasteiger charge is 2.11. The van der Waals surface area contributed by atoms with Gasteiger partial charge in [-0.3, -0.25) is 0 Å². The number of aromatic nitrogens is 3. The first-order valence-corrected chi connectivity index (χ1v) is 7.95. The maximum absolute atomic E-state index is 12.5. The molecule has 0 bridgehead atoms. The largest absolute Gasteiger partial charge is 0.437 e. The number of ether oxygens (including phenoxy) is 1. The third-order valence-electron chi connectivity index (χ3n) is 3.60. The van der Waals surface area contributed by atoms with E-state index in [2.05, 4.69) is 16.7 Å². The minimum Gasteiger partial charge on any atom is -0.437 e. The molecule has 0 aliphatic rings. The van der Waals surface area contributed by atoms with Gasteiger partial charge in [0, 0.05) is 11.8 Å². The fraction of sp³-hybridized carbons (Fsp3) is 0.100. The molecule has 0 N–H and O–H groups in total. The zero-order chi connectivity index (χ0) is 18.5. The summed E-state index contributed by atoms with van der Waals surface area (Å²) in [6, 6.07) is 13.0. The van der Waals surface area contributed by atoms with Gasteiger partial charge in [0.15, 0.2) is 5.82 Å². The van der Waals surface area contributed by atoms with E-state index in [1.807, 2.05) is 42.5 Å². The van der Waals surface area contributed by atoms with Crippen LogP contribution in [-0.4, -0.2) is 21.0 Å². The van der Waals surface area contributed by atoms with E-state index in [9.17, 15) is 8.78 Å². The van der Waals surface area contributed by atoms with Gasteiger partial charge in [0.05, 0.1) is 0 Å². The average Bonchev–Trinajstić information content (AvgIpc) is 3.11. The highest BCUT2D eigenvalue weighted by Crippen LogP contribution is 2.25. The van der Waals surface area contributed by atoms with E-state index in [1.54, 1.807) is 16.8 Å². The summed E-state index contributed by atoms with van der Waals surface area (Å²) in [7, 11) is 0. The topological polar surface area (TPSA) is 39.4 Å². The van der Waals surface area contributed by atoms with Gasteiger partial charge in [-0.15, -0.1) is 5.10 Å². The van der Waals surface area contributed by atoms with Crippen LogP contribution in [0.4, 0.5) is 8.78 Å². The summed E-state index contributed by atoms with van der Waals surface area (Å²) in [6.07, 6.45) is 3.72. The summed E-state index contributed by atoms with van der Waals surface area (Å²) >= 11 is 0. The Balaban J connectivity index is 1.91. The van der Waals surface area contributed by atoms with E-state index < -0.39 is 6.43 Å². The molecule has 0 radical (unpaired) electrons. The number of nitrogens with zero attached hydrogens (tertiary/aromatic N) is 3. The predicted molar refractivity (Wildman–Crippen MR) is 97.4 cm³/mol. The van der Waals surface area contributed by atoms with Gasteiger partial charge in [0.2, 0.25) is 5.88 Å². The van der Waals surface area contributed by atoms with Crippen molar-refractivity contribution in [2.45, 2.75) is 13.3 Å². The fourth-order valence-corrected chi connectivity index (χ4v) is 2.18. The third-order valence-corrected chi connectivity index (χ3v) is 3.60. The second-order valence-corrected chi connectivity index (χ2v) is 5.59. The lowest BCUT2D eigenvalue weighted by atomic mass is 10.2. The number of hydrogen-bond acceptors (Lipinski definition) is 3. The highest BCUT2D eigenvalue weighted by molar-refractivity contribution is 5.69. The quantitative estimate of drug-likeness (QED) is 0.564. The lowest BCUT2D eigenvalue weighted by molar-refractivity contribution is 0.190. The van der Waals surface area contributed by atoms with E-state index >= 15 is 0 Å². The molecule has 0 aliphatic carbocycles. The molecule has 0 aliphatic heterocycles. The summed E-state index contributed by atoms with van der Waals surface area (Å²) in [5.41, 5.74) is 1.17. The number of allylic oxidation sites excluding steroid dienone is 5. The molecule has 0 spiro atoms. The van der Waals surface area contributed by atoms with Crippen LogP contribution >= 0.6 is 0 Å². The molecule has 2 heterocycles. The number of fused-ring (bicyclic) bond motifs is 1. The normalized spacial score (nSPS) is 12.2. The Kier molecular flexibility index (Phi) is 5.22. The van der Waals surface area contributed by atoms with Gasteiger partial charge in [0.25, 0.3) is 6.43 Å². The molecular formula is C20H17F2N3O. The molecule has 1 aromatic carbocycles. The molecule has 2 aromatic heterocycles. The molecule has 0 saturated carbocycles. The standard InChI is InChI=1S/C20H17F2N3O/c1-14(18(21)22)8-6-9-15(2)19-23-20(17-12-7-13-25(17)24-19)26-16-10-4-3-5-11-16/h3-13,18H,2H2,1H3/b9-6-,14-8+. The number of rotatable bonds is 6. The van der Waals surface area contributed by atoms with Crippen molar-refractivity contribution < 1.29 is 13.5 Å². The number of hydrogen-bond donors (Lipinski definition) is 0. The molecular weight excluding hydrogens is 336 g/mol. The Hall–Kier alpha value is -3.28. The Morgan fingerprint density at radius 3 is 2.69 bits per heavy atom. The highest BCUT2D eigenvalue weighted by atomic mass is 19.3. The van der Waals surface area contributed by atoms with E-state index in [1.165, 1.54) is 19.1 Å². The van der Waals surface area contributed by atoms with Crippen LogP contribution in [0.3, 0.4) is 0 Å². The van der Waals surface area contributed by atoms with Gasteiger partial charge in [-0.05, 0) is 36.8 Å². The Bertz CT molecular complexity index is 975. The van der Waals surface area contributed by atoms with Gasteiger partial charge in [0.1, 0.15) is 11.3 Å². The monoisotopic (exact) mass is 353 g/mol. The molecule has 4 nitrogen and oxygen atoms in total. The van der Waals surface area contributed by atoms with Gasteiger partial charge in [-0.2, -0.15) is 4.98 Å². The predicted octanol–water partition coefficient (Wildman–Crippen LogP) is 5.30. The number of alkyl halides is 2. The van der Waals surface area contributed by atoms with Crippen molar-refractivity contribution in [2.24, 2.45) is 0 Å². The first-order valence-electron chi connectivity index (χ1n) is 7.95. The molecule has 132 valence electrons. The SMILES string of the molecule is C=C(/C=C\C=C(/C)C(F)F)c1nc(Oc2ccccc2)c2cccn2n1. The summed E-state index contributed by atoms with van der Waals surface area (Å²) in [5.74, 6) is 1.39. The van der Waals surface area contributed by atoms with Gasteiger partial charge in [-0.25, -0.2) is 13.3 Å². The summed E-state index contributed by atoms with van der Waals surface area (Å²) in [5, 5.41) is 4.38. The van der Waals surface area contributed by atoms with E-state index in [0.717, 1.165) is 0 Å². The third kappa shape index (κ3) is 4.03. The number of benzene rings is 1. The lowest BCUT2D eigenvalue weighted by Gasteiger charge is -2.08.